The van der Waals surface area contributed by atoms with Gasteiger partial charge in [0.15, 0.2) is 0 Å². The molecular weight excluding hydrogens is 258 g/mol. The molecule has 6 nitrogen and oxygen atoms in total. The van der Waals surface area contributed by atoms with Crippen LogP contribution in [0.4, 0.5) is 0 Å². The van der Waals surface area contributed by atoms with Crippen molar-refractivity contribution in [2.75, 3.05) is 46.4 Å². The lowest BCUT2D eigenvalue weighted by Crippen LogP contribution is -2.50. The molecule has 6 heteroatoms. The number of rotatable bonds is 5. The maximum absolute atomic E-state index is 12.0. The lowest BCUT2D eigenvalue weighted by atomic mass is 10.1. The number of piperazine rings is 1. The van der Waals surface area contributed by atoms with Crippen molar-refractivity contribution in [3.63, 3.8) is 0 Å². The third-order valence-corrected chi connectivity index (χ3v) is 3.30. The Labute approximate surface area is 121 Å². The van der Waals surface area contributed by atoms with Crippen molar-refractivity contribution in [2.24, 2.45) is 0 Å². The van der Waals surface area contributed by atoms with E-state index in [0.717, 1.165) is 13.1 Å². The maximum Gasteiger partial charge on any atom is 0.319 e. The number of carbonyl (C=O) groups excluding carboxylic acids is 2. The third kappa shape index (κ3) is 6.34. The zero-order valence-corrected chi connectivity index (χ0v) is 13.1. The van der Waals surface area contributed by atoms with Crippen LogP contribution in [-0.4, -0.2) is 73.6 Å². The highest BCUT2D eigenvalue weighted by atomic mass is 16.5. The number of hydrogen-bond donors (Lipinski definition) is 1. The predicted molar refractivity (Wildman–Crippen MR) is 77.4 cm³/mol. The van der Waals surface area contributed by atoms with Crippen LogP contribution in [0.3, 0.4) is 0 Å². The zero-order valence-electron chi connectivity index (χ0n) is 13.1. The second-order valence-electron chi connectivity index (χ2n) is 6.16. The second kappa shape index (κ2) is 7.59. The van der Waals surface area contributed by atoms with Crippen LogP contribution in [0.15, 0.2) is 0 Å². The van der Waals surface area contributed by atoms with Gasteiger partial charge in [-0.05, 0) is 20.8 Å². The van der Waals surface area contributed by atoms with Gasteiger partial charge in [-0.3, -0.25) is 14.5 Å². The second-order valence-corrected chi connectivity index (χ2v) is 6.16. The Bertz CT molecular complexity index is 331. The number of nitrogens with zero attached hydrogens (tertiary/aromatic N) is 2. The van der Waals surface area contributed by atoms with Gasteiger partial charge in [0, 0.05) is 44.7 Å². The molecule has 20 heavy (non-hydrogen) atoms. The molecule has 1 aliphatic heterocycles. The molecular formula is C14H27N3O3. The van der Waals surface area contributed by atoms with E-state index in [-0.39, 0.29) is 17.4 Å². The Morgan fingerprint density at radius 1 is 1.15 bits per heavy atom. The van der Waals surface area contributed by atoms with Crippen LogP contribution in [0.2, 0.25) is 0 Å². The van der Waals surface area contributed by atoms with Gasteiger partial charge < -0.3 is 15.0 Å². The van der Waals surface area contributed by atoms with Gasteiger partial charge in [-0.2, -0.15) is 0 Å². The fourth-order valence-electron chi connectivity index (χ4n) is 2.11. The number of nitrogens with one attached hydrogen (secondary N) is 1. The van der Waals surface area contributed by atoms with Gasteiger partial charge in [-0.25, -0.2) is 0 Å². The molecule has 116 valence electrons. The number of amides is 1. The maximum atomic E-state index is 12.0. The summed E-state index contributed by atoms with van der Waals surface area (Å²) in [6, 6.07) is 0. The minimum absolute atomic E-state index is 0.0412. The average Bonchev–Trinajstić information content (AvgIpc) is 2.37. The molecule has 1 N–H and O–H groups in total. The van der Waals surface area contributed by atoms with Gasteiger partial charge in [0.2, 0.25) is 5.91 Å². The SMILES string of the molecule is COC(=O)CN1CCN(C(=O)CCNC(C)(C)C)CC1. The molecule has 1 saturated heterocycles. The molecule has 0 radical (unpaired) electrons. The normalized spacial score (nSPS) is 17.1. The molecule has 0 spiro atoms. The van der Waals surface area contributed by atoms with Crippen LogP contribution in [0.25, 0.3) is 0 Å². The van der Waals surface area contributed by atoms with E-state index in [1.807, 2.05) is 9.80 Å². The molecule has 1 fully saturated rings. The van der Waals surface area contributed by atoms with E-state index in [4.69, 9.17) is 0 Å². The summed E-state index contributed by atoms with van der Waals surface area (Å²) < 4.78 is 4.64. The van der Waals surface area contributed by atoms with Crippen molar-refractivity contribution in [3.05, 3.63) is 0 Å². The lowest BCUT2D eigenvalue weighted by Gasteiger charge is -2.34. The molecule has 0 saturated carbocycles. The molecule has 1 heterocycles. The molecule has 0 aliphatic carbocycles. The minimum Gasteiger partial charge on any atom is -0.468 e. The summed E-state index contributed by atoms with van der Waals surface area (Å²) in [4.78, 5) is 27.1. The van der Waals surface area contributed by atoms with Gasteiger partial charge in [-0.15, -0.1) is 0 Å². The summed E-state index contributed by atoms with van der Waals surface area (Å²) in [6.45, 7) is 10.1. The fourth-order valence-corrected chi connectivity index (χ4v) is 2.11. The first-order valence-electron chi connectivity index (χ1n) is 7.14. The zero-order chi connectivity index (χ0) is 15.2. The number of carbonyl (C=O) groups is 2. The molecule has 0 unspecified atom stereocenters. The van der Waals surface area contributed by atoms with Gasteiger partial charge in [0.25, 0.3) is 0 Å². The summed E-state index contributed by atoms with van der Waals surface area (Å²) in [5, 5.41) is 3.32. The first-order valence-corrected chi connectivity index (χ1v) is 7.14. The van der Waals surface area contributed by atoms with E-state index < -0.39 is 0 Å². The smallest absolute Gasteiger partial charge is 0.319 e. The molecule has 0 aromatic heterocycles. The van der Waals surface area contributed by atoms with Crippen LogP contribution in [0.5, 0.6) is 0 Å². The van der Waals surface area contributed by atoms with Crippen molar-refractivity contribution >= 4 is 11.9 Å². The van der Waals surface area contributed by atoms with Crippen molar-refractivity contribution in [3.8, 4) is 0 Å². The van der Waals surface area contributed by atoms with Crippen molar-refractivity contribution < 1.29 is 14.3 Å². The highest BCUT2D eigenvalue weighted by Gasteiger charge is 2.22. The molecule has 0 aromatic rings. The van der Waals surface area contributed by atoms with Gasteiger partial charge in [-0.1, -0.05) is 0 Å². The van der Waals surface area contributed by atoms with Gasteiger partial charge >= 0.3 is 5.97 Å². The molecule has 1 aliphatic rings. The third-order valence-electron chi connectivity index (χ3n) is 3.30. The average molecular weight is 285 g/mol. The number of esters is 1. The molecule has 0 atom stereocenters. The highest BCUT2D eigenvalue weighted by molar-refractivity contribution is 5.76. The van der Waals surface area contributed by atoms with Gasteiger partial charge in [0.1, 0.15) is 0 Å². The van der Waals surface area contributed by atoms with Crippen LogP contribution in [0, 0.1) is 0 Å². The van der Waals surface area contributed by atoms with E-state index in [1.165, 1.54) is 7.11 Å². The van der Waals surface area contributed by atoms with Crippen molar-refractivity contribution in [1.82, 2.24) is 15.1 Å². The standard InChI is InChI=1S/C14H27N3O3/c1-14(2,3)15-6-5-12(18)17-9-7-16(8-10-17)11-13(19)20-4/h15H,5-11H2,1-4H3. The van der Waals surface area contributed by atoms with E-state index in [1.54, 1.807) is 0 Å². The summed E-state index contributed by atoms with van der Waals surface area (Å²) in [5.41, 5.74) is 0.0412. The number of hydrogen-bond acceptors (Lipinski definition) is 5. The highest BCUT2D eigenvalue weighted by Crippen LogP contribution is 2.05. The quantitative estimate of drug-likeness (QED) is 0.725. The van der Waals surface area contributed by atoms with Crippen LogP contribution in [0.1, 0.15) is 27.2 Å². The van der Waals surface area contributed by atoms with E-state index >= 15 is 0 Å². The topological polar surface area (TPSA) is 61.9 Å². The first kappa shape index (κ1) is 16.9. The van der Waals surface area contributed by atoms with Crippen LogP contribution in [-0.2, 0) is 14.3 Å². The van der Waals surface area contributed by atoms with E-state index in [2.05, 4.69) is 30.8 Å². The molecule has 1 rings (SSSR count). The predicted octanol–water partition coefficient (Wildman–Crippen LogP) is 0.0818. The summed E-state index contributed by atoms with van der Waals surface area (Å²) in [7, 11) is 1.39. The Morgan fingerprint density at radius 3 is 2.25 bits per heavy atom. The monoisotopic (exact) mass is 285 g/mol. The summed E-state index contributed by atoms with van der Waals surface area (Å²) in [5.74, 6) is -0.0429. The van der Waals surface area contributed by atoms with Gasteiger partial charge in [0.05, 0.1) is 13.7 Å². The molecule has 0 bridgehead atoms. The Hall–Kier alpha value is -1.14. The molecule has 1 amide bonds. The summed E-state index contributed by atoms with van der Waals surface area (Å²) in [6.07, 6.45) is 0.522. The van der Waals surface area contributed by atoms with Crippen molar-refractivity contribution in [2.45, 2.75) is 32.7 Å². The lowest BCUT2D eigenvalue weighted by molar-refractivity contribution is -0.142. The minimum atomic E-state index is -0.223. The first-order chi connectivity index (χ1) is 9.31. The van der Waals surface area contributed by atoms with E-state index in [9.17, 15) is 9.59 Å². The number of ether oxygens (including phenoxy) is 1. The largest absolute Gasteiger partial charge is 0.468 e. The van der Waals surface area contributed by atoms with Crippen LogP contribution >= 0.6 is 0 Å². The fraction of sp³-hybridized carbons (Fsp3) is 0.857. The van der Waals surface area contributed by atoms with Crippen LogP contribution < -0.4 is 5.32 Å². The van der Waals surface area contributed by atoms with Crippen molar-refractivity contribution in [1.29, 1.82) is 0 Å². The Morgan fingerprint density at radius 2 is 1.75 bits per heavy atom. The Balaban J connectivity index is 2.23. The molecule has 0 aromatic carbocycles. The summed E-state index contributed by atoms with van der Waals surface area (Å²) >= 11 is 0. The Kier molecular flexibility index (Phi) is 6.42. The number of methoxy groups -OCH3 is 1. The van der Waals surface area contributed by atoms with E-state index in [0.29, 0.717) is 32.6 Å².